The van der Waals surface area contributed by atoms with Gasteiger partial charge in [-0.15, -0.1) is 11.3 Å². The molecule has 3 heterocycles. The van der Waals surface area contributed by atoms with Crippen LogP contribution in [0.5, 0.6) is 0 Å². The molecule has 1 aliphatic rings. The fourth-order valence-electron chi connectivity index (χ4n) is 3.88. The van der Waals surface area contributed by atoms with Gasteiger partial charge in [-0.25, -0.2) is 18.7 Å². The Morgan fingerprint density at radius 1 is 1.17 bits per heavy atom. The van der Waals surface area contributed by atoms with Gasteiger partial charge in [-0.3, -0.25) is 4.90 Å². The highest BCUT2D eigenvalue weighted by Gasteiger charge is 2.30. The van der Waals surface area contributed by atoms with E-state index in [1.54, 1.807) is 6.07 Å². The van der Waals surface area contributed by atoms with Gasteiger partial charge in [-0.05, 0) is 24.5 Å². The SMILES string of the molecule is OCCC(F)(F)Cc1cc2c(NC3CCN(Cc4ccccc4)CC3)ncnc2s1. The third kappa shape index (κ3) is 5.30. The van der Waals surface area contributed by atoms with Gasteiger partial charge in [0.25, 0.3) is 5.92 Å². The number of halogens is 2. The summed E-state index contributed by atoms with van der Waals surface area (Å²) in [5.41, 5.74) is 1.32. The van der Waals surface area contributed by atoms with Gasteiger partial charge in [0.05, 0.1) is 5.39 Å². The van der Waals surface area contributed by atoms with Crippen LogP contribution in [0.25, 0.3) is 10.2 Å². The van der Waals surface area contributed by atoms with E-state index in [1.165, 1.54) is 23.2 Å². The Bertz CT molecular complexity index is 958. The molecule has 0 spiro atoms. The number of nitrogens with zero attached hydrogens (tertiary/aromatic N) is 3. The molecule has 8 heteroatoms. The van der Waals surface area contributed by atoms with Crippen molar-refractivity contribution in [1.82, 2.24) is 14.9 Å². The molecule has 0 amide bonds. The van der Waals surface area contributed by atoms with Gasteiger partial charge in [0, 0.05) is 50.0 Å². The molecule has 30 heavy (non-hydrogen) atoms. The molecule has 0 atom stereocenters. The normalized spacial score (nSPS) is 16.2. The fraction of sp³-hybridized carbons (Fsp3) is 0.455. The van der Waals surface area contributed by atoms with Gasteiger partial charge in [0.1, 0.15) is 17.0 Å². The van der Waals surface area contributed by atoms with Crippen LogP contribution in [0.3, 0.4) is 0 Å². The Balaban J connectivity index is 1.38. The summed E-state index contributed by atoms with van der Waals surface area (Å²) in [5.74, 6) is -2.20. The van der Waals surface area contributed by atoms with Gasteiger partial charge in [0.2, 0.25) is 0 Å². The lowest BCUT2D eigenvalue weighted by Gasteiger charge is -2.32. The van der Waals surface area contributed by atoms with Crippen LogP contribution >= 0.6 is 11.3 Å². The van der Waals surface area contributed by atoms with Gasteiger partial charge in [0.15, 0.2) is 0 Å². The molecule has 3 aromatic rings. The number of aromatic nitrogens is 2. The Morgan fingerprint density at radius 3 is 2.67 bits per heavy atom. The van der Waals surface area contributed by atoms with Crippen molar-refractivity contribution < 1.29 is 13.9 Å². The predicted octanol–water partition coefficient (Wildman–Crippen LogP) is 4.33. The van der Waals surface area contributed by atoms with E-state index >= 15 is 0 Å². The van der Waals surface area contributed by atoms with Crippen LogP contribution < -0.4 is 5.32 Å². The number of nitrogens with one attached hydrogen (secondary N) is 1. The highest BCUT2D eigenvalue weighted by atomic mass is 32.1. The maximum absolute atomic E-state index is 13.9. The first kappa shape index (κ1) is 21.1. The Kier molecular flexibility index (Phi) is 6.55. The van der Waals surface area contributed by atoms with Gasteiger partial charge in [-0.2, -0.15) is 0 Å². The quantitative estimate of drug-likeness (QED) is 0.555. The summed E-state index contributed by atoms with van der Waals surface area (Å²) in [6, 6.07) is 12.5. The monoisotopic (exact) mass is 432 g/mol. The van der Waals surface area contributed by atoms with Crippen molar-refractivity contribution in [3.63, 3.8) is 0 Å². The van der Waals surface area contributed by atoms with E-state index in [0.717, 1.165) is 43.7 Å². The minimum absolute atomic E-state index is 0.300. The molecule has 2 aromatic heterocycles. The number of alkyl halides is 2. The number of benzene rings is 1. The van der Waals surface area contributed by atoms with Crippen molar-refractivity contribution in [2.75, 3.05) is 25.0 Å². The average molecular weight is 433 g/mol. The van der Waals surface area contributed by atoms with E-state index < -0.39 is 19.0 Å². The molecule has 1 aromatic carbocycles. The highest BCUT2D eigenvalue weighted by Crippen LogP contribution is 2.33. The van der Waals surface area contributed by atoms with E-state index in [-0.39, 0.29) is 6.42 Å². The van der Waals surface area contributed by atoms with E-state index in [1.807, 2.05) is 6.07 Å². The van der Waals surface area contributed by atoms with E-state index in [2.05, 4.69) is 44.5 Å². The molecule has 4 rings (SSSR count). The molecule has 160 valence electrons. The third-order valence-electron chi connectivity index (χ3n) is 5.47. The standard InChI is InChI=1S/C22H26F2N4OS/c23-22(24,8-11-29)13-18-12-19-20(25-15-26-21(19)30-18)27-17-6-9-28(10-7-17)14-16-4-2-1-3-5-16/h1-5,12,15,17,29H,6-11,13-14H2,(H,25,26,27). The zero-order chi connectivity index (χ0) is 21.0. The first-order chi connectivity index (χ1) is 14.5. The van der Waals surface area contributed by atoms with Crippen molar-refractivity contribution in [2.45, 2.75) is 44.2 Å². The van der Waals surface area contributed by atoms with E-state index in [4.69, 9.17) is 5.11 Å². The molecule has 1 saturated heterocycles. The summed E-state index contributed by atoms with van der Waals surface area (Å²) in [6.45, 7) is 2.45. The van der Waals surface area contributed by atoms with Crippen LogP contribution in [0, 0.1) is 0 Å². The third-order valence-corrected chi connectivity index (χ3v) is 6.51. The first-order valence-corrected chi connectivity index (χ1v) is 11.1. The number of piperidine rings is 1. The molecular formula is C22H26F2N4OS. The number of hydrogen-bond donors (Lipinski definition) is 2. The van der Waals surface area contributed by atoms with Crippen LogP contribution in [0.2, 0.25) is 0 Å². The molecule has 0 aliphatic carbocycles. The summed E-state index contributed by atoms with van der Waals surface area (Å²) in [4.78, 5) is 12.4. The second-order valence-electron chi connectivity index (χ2n) is 7.84. The van der Waals surface area contributed by atoms with E-state index in [9.17, 15) is 8.78 Å². The number of likely N-dealkylation sites (tertiary alicyclic amines) is 1. The topological polar surface area (TPSA) is 61.3 Å². The number of rotatable bonds is 8. The van der Waals surface area contributed by atoms with Crippen LogP contribution in [0.4, 0.5) is 14.6 Å². The minimum atomic E-state index is -2.91. The fourth-order valence-corrected chi connectivity index (χ4v) is 4.96. The summed E-state index contributed by atoms with van der Waals surface area (Å²) in [5, 5.41) is 13.1. The summed E-state index contributed by atoms with van der Waals surface area (Å²) < 4.78 is 27.8. The number of aliphatic hydroxyl groups excluding tert-OH is 1. The lowest BCUT2D eigenvalue weighted by molar-refractivity contribution is -0.0198. The number of thiophene rings is 1. The van der Waals surface area contributed by atoms with Gasteiger partial charge >= 0.3 is 0 Å². The maximum Gasteiger partial charge on any atom is 0.255 e. The molecule has 5 nitrogen and oxygen atoms in total. The molecule has 2 N–H and O–H groups in total. The molecule has 0 saturated carbocycles. The summed E-state index contributed by atoms with van der Waals surface area (Å²) >= 11 is 1.27. The largest absolute Gasteiger partial charge is 0.396 e. The zero-order valence-electron chi connectivity index (χ0n) is 16.7. The lowest BCUT2D eigenvalue weighted by atomic mass is 10.0. The number of aliphatic hydroxyl groups is 1. The second-order valence-corrected chi connectivity index (χ2v) is 8.96. The molecule has 1 aliphatic heterocycles. The lowest BCUT2D eigenvalue weighted by Crippen LogP contribution is -2.38. The van der Waals surface area contributed by atoms with Crippen molar-refractivity contribution in [2.24, 2.45) is 0 Å². The van der Waals surface area contributed by atoms with Crippen LogP contribution in [-0.4, -0.2) is 51.6 Å². The van der Waals surface area contributed by atoms with Crippen molar-refractivity contribution in [1.29, 1.82) is 0 Å². The Labute approximate surface area is 178 Å². The Hall–Kier alpha value is -2.16. The second kappa shape index (κ2) is 9.32. The molecular weight excluding hydrogens is 406 g/mol. The average Bonchev–Trinajstić information content (AvgIpc) is 3.13. The van der Waals surface area contributed by atoms with Crippen molar-refractivity contribution >= 4 is 27.4 Å². The zero-order valence-corrected chi connectivity index (χ0v) is 17.5. The van der Waals surface area contributed by atoms with Gasteiger partial charge in [-0.1, -0.05) is 30.3 Å². The number of anilines is 1. The van der Waals surface area contributed by atoms with Crippen LogP contribution in [-0.2, 0) is 13.0 Å². The minimum Gasteiger partial charge on any atom is -0.396 e. The Morgan fingerprint density at radius 2 is 1.93 bits per heavy atom. The summed E-state index contributed by atoms with van der Waals surface area (Å²) in [6.07, 6.45) is 2.58. The highest BCUT2D eigenvalue weighted by molar-refractivity contribution is 7.18. The van der Waals surface area contributed by atoms with Crippen LogP contribution in [0.15, 0.2) is 42.7 Å². The van der Waals surface area contributed by atoms with Crippen molar-refractivity contribution in [3.05, 3.63) is 53.2 Å². The molecule has 0 unspecified atom stereocenters. The first-order valence-electron chi connectivity index (χ1n) is 10.3. The predicted molar refractivity (Wildman–Crippen MR) is 116 cm³/mol. The van der Waals surface area contributed by atoms with Crippen molar-refractivity contribution in [3.8, 4) is 0 Å². The van der Waals surface area contributed by atoms with Crippen LogP contribution in [0.1, 0.15) is 29.7 Å². The van der Waals surface area contributed by atoms with Gasteiger partial charge < -0.3 is 10.4 Å². The summed E-state index contributed by atoms with van der Waals surface area (Å²) in [7, 11) is 0. The maximum atomic E-state index is 13.9. The number of fused-ring (bicyclic) bond motifs is 1. The smallest absolute Gasteiger partial charge is 0.255 e. The number of hydrogen-bond acceptors (Lipinski definition) is 6. The molecule has 1 fully saturated rings. The molecule has 0 radical (unpaired) electrons. The van der Waals surface area contributed by atoms with E-state index in [0.29, 0.717) is 15.7 Å². The molecule has 0 bridgehead atoms.